The number of hydrogen-bond donors (Lipinski definition) is 2. The summed E-state index contributed by atoms with van der Waals surface area (Å²) in [4.78, 5) is 12.0. The van der Waals surface area contributed by atoms with Crippen LogP contribution >= 0.6 is 0 Å². The van der Waals surface area contributed by atoms with E-state index in [1.807, 2.05) is 18.2 Å². The van der Waals surface area contributed by atoms with E-state index in [1.165, 1.54) is 0 Å². The largest absolute Gasteiger partial charge is 0.351 e. The first-order chi connectivity index (χ1) is 8.98. The zero-order valence-electron chi connectivity index (χ0n) is 10.6. The second-order valence-electron chi connectivity index (χ2n) is 4.85. The maximum atomic E-state index is 12.0. The number of nitrogens with two attached hydrogens (primary N) is 1. The van der Waals surface area contributed by atoms with Crippen LogP contribution in [0.5, 0.6) is 0 Å². The number of amides is 1. The third kappa shape index (κ3) is 3.78. The lowest BCUT2D eigenvalue weighted by Crippen LogP contribution is -2.46. The number of hydrogen-bond acceptors (Lipinski definition) is 4. The van der Waals surface area contributed by atoms with Gasteiger partial charge in [0.1, 0.15) is 6.04 Å². The molecule has 3 N–H and O–H groups in total. The third-order valence-corrected chi connectivity index (χ3v) is 5.07. The lowest BCUT2D eigenvalue weighted by molar-refractivity contribution is -0.123. The summed E-state index contributed by atoms with van der Waals surface area (Å²) in [6.07, 6.45) is 1.28. The van der Waals surface area contributed by atoms with Gasteiger partial charge in [0, 0.05) is 6.04 Å². The van der Waals surface area contributed by atoms with Crippen molar-refractivity contribution < 1.29 is 13.2 Å². The predicted octanol–water partition coefficient (Wildman–Crippen LogP) is 0.380. The molecule has 1 aliphatic heterocycles. The molecule has 1 saturated heterocycles. The molecule has 0 saturated carbocycles. The highest BCUT2D eigenvalue weighted by Gasteiger charge is 2.27. The van der Waals surface area contributed by atoms with E-state index < -0.39 is 15.9 Å². The fraction of sp³-hybridized carbons (Fsp3) is 0.462. The Morgan fingerprint density at radius 1 is 1.32 bits per heavy atom. The van der Waals surface area contributed by atoms with Crippen LogP contribution < -0.4 is 11.1 Å². The van der Waals surface area contributed by atoms with Gasteiger partial charge in [-0.15, -0.1) is 0 Å². The van der Waals surface area contributed by atoms with Gasteiger partial charge in [0.05, 0.1) is 11.5 Å². The van der Waals surface area contributed by atoms with Crippen molar-refractivity contribution in [3.05, 3.63) is 35.9 Å². The van der Waals surface area contributed by atoms with Gasteiger partial charge in [0.2, 0.25) is 5.91 Å². The molecule has 1 fully saturated rings. The standard InChI is InChI=1S/C13H18N2O3S/c14-12(10-5-2-1-3-6-10)13(16)15-11-7-4-8-19(17,18)9-11/h1-3,5-6,11-12H,4,7-9,14H2,(H,15,16)/t11?,12-/m1/s1. The van der Waals surface area contributed by atoms with E-state index in [9.17, 15) is 13.2 Å². The number of carbonyl (C=O) groups is 1. The summed E-state index contributed by atoms with van der Waals surface area (Å²) in [6, 6.07) is 7.96. The van der Waals surface area contributed by atoms with Crippen LogP contribution in [0, 0.1) is 0 Å². The van der Waals surface area contributed by atoms with E-state index in [2.05, 4.69) is 5.32 Å². The zero-order chi connectivity index (χ0) is 13.9. The SMILES string of the molecule is N[C@@H](C(=O)NC1CCCS(=O)(=O)C1)c1ccccc1. The summed E-state index contributed by atoms with van der Waals surface area (Å²) in [6.45, 7) is 0. The first-order valence-electron chi connectivity index (χ1n) is 6.29. The molecule has 0 aliphatic carbocycles. The molecule has 6 heteroatoms. The van der Waals surface area contributed by atoms with E-state index in [-0.39, 0.29) is 23.5 Å². The zero-order valence-corrected chi connectivity index (χ0v) is 11.4. The fourth-order valence-corrected chi connectivity index (χ4v) is 3.88. The molecule has 2 atom stereocenters. The Bertz CT molecular complexity index is 542. The Morgan fingerprint density at radius 3 is 2.63 bits per heavy atom. The smallest absolute Gasteiger partial charge is 0.241 e. The van der Waals surface area contributed by atoms with Crippen molar-refractivity contribution >= 4 is 15.7 Å². The van der Waals surface area contributed by atoms with Crippen molar-refractivity contribution in [3.63, 3.8) is 0 Å². The maximum Gasteiger partial charge on any atom is 0.241 e. The van der Waals surface area contributed by atoms with Gasteiger partial charge in [-0.1, -0.05) is 30.3 Å². The molecule has 1 amide bonds. The number of nitrogens with one attached hydrogen (secondary N) is 1. The van der Waals surface area contributed by atoms with Crippen LogP contribution in [0.1, 0.15) is 24.4 Å². The van der Waals surface area contributed by atoms with Gasteiger partial charge < -0.3 is 11.1 Å². The summed E-state index contributed by atoms with van der Waals surface area (Å²) in [5, 5.41) is 2.73. The lowest BCUT2D eigenvalue weighted by atomic mass is 10.1. The highest BCUT2D eigenvalue weighted by atomic mass is 32.2. The molecule has 0 bridgehead atoms. The number of sulfone groups is 1. The van der Waals surface area contributed by atoms with Crippen LogP contribution in [-0.2, 0) is 14.6 Å². The molecule has 19 heavy (non-hydrogen) atoms. The Kier molecular flexibility index (Phi) is 4.21. The average molecular weight is 282 g/mol. The minimum absolute atomic E-state index is 0.0141. The topological polar surface area (TPSA) is 89.3 Å². The number of rotatable bonds is 3. The number of carbonyl (C=O) groups excluding carboxylic acids is 1. The first kappa shape index (κ1) is 14.0. The molecule has 5 nitrogen and oxygen atoms in total. The summed E-state index contributed by atoms with van der Waals surface area (Å²) in [5.41, 5.74) is 6.58. The Balaban J connectivity index is 1.98. The highest BCUT2D eigenvalue weighted by Crippen LogP contribution is 2.14. The van der Waals surface area contributed by atoms with Crippen LogP contribution in [0.2, 0.25) is 0 Å². The van der Waals surface area contributed by atoms with Crippen molar-refractivity contribution in [1.82, 2.24) is 5.32 Å². The van der Waals surface area contributed by atoms with Gasteiger partial charge in [-0.2, -0.15) is 0 Å². The molecule has 0 spiro atoms. The van der Waals surface area contributed by atoms with Gasteiger partial charge >= 0.3 is 0 Å². The van der Waals surface area contributed by atoms with E-state index in [1.54, 1.807) is 12.1 Å². The average Bonchev–Trinajstić information content (AvgIpc) is 2.37. The van der Waals surface area contributed by atoms with Crippen LogP contribution in [0.3, 0.4) is 0 Å². The quantitative estimate of drug-likeness (QED) is 0.838. The molecule has 1 aromatic rings. The van der Waals surface area contributed by atoms with Crippen molar-refractivity contribution in [2.45, 2.75) is 24.9 Å². The van der Waals surface area contributed by atoms with Crippen molar-refractivity contribution in [1.29, 1.82) is 0 Å². The van der Waals surface area contributed by atoms with Crippen molar-refractivity contribution in [2.24, 2.45) is 5.73 Å². The summed E-state index contributed by atoms with van der Waals surface area (Å²) >= 11 is 0. The maximum absolute atomic E-state index is 12.0. The Morgan fingerprint density at radius 2 is 2.00 bits per heavy atom. The highest BCUT2D eigenvalue weighted by molar-refractivity contribution is 7.91. The molecule has 0 aromatic heterocycles. The minimum Gasteiger partial charge on any atom is -0.351 e. The predicted molar refractivity (Wildman–Crippen MR) is 73.2 cm³/mol. The van der Waals surface area contributed by atoms with Gasteiger partial charge in [0.25, 0.3) is 0 Å². The molecule has 104 valence electrons. The lowest BCUT2D eigenvalue weighted by Gasteiger charge is -2.24. The number of benzene rings is 1. The van der Waals surface area contributed by atoms with E-state index in [0.717, 1.165) is 5.56 Å². The Hall–Kier alpha value is -1.40. The minimum atomic E-state index is -3.02. The van der Waals surface area contributed by atoms with Gasteiger partial charge in [-0.05, 0) is 18.4 Å². The monoisotopic (exact) mass is 282 g/mol. The second kappa shape index (κ2) is 5.71. The van der Waals surface area contributed by atoms with Crippen LogP contribution in [-0.4, -0.2) is 31.9 Å². The normalized spacial score (nSPS) is 23.5. The molecule has 1 heterocycles. The summed E-state index contributed by atoms with van der Waals surface area (Å²) in [7, 11) is -3.02. The van der Waals surface area contributed by atoms with Crippen LogP contribution in [0.4, 0.5) is 0 Å². The first-order valence-corrected chi connectivity index (χ1v) is 8.11. The van der Waals surface area contributed by atoms with Gasteiger partial charge in [-0.3, -0.25) is 4.79 Å². The molecule has 1 aliphatic rings. The van der Waals surface area contributed by atoms with E-state index >= 15 is 0 Å². The van der Waals surface area contributed by atoms with Crippen LogP contribution in [0.25, 0.3) is 0 Å². The van der Waals surface area contributed by atoms with Crippen molar-refractivity contribution in [3.8, 4) is 0 Å². The summed E-state index contributed by atoms with van der Waals surface area (Å²) < 4.78 is 23.0. The summed E-state index contributed by atoms with van der Waals surface area (Å²) in [5.74, 6) is -0.0991. The molecular weight excluding hydrogens is 264 g/mol. The molecule has 0 radical (unpaired) electrons. The van der Waals surface area contributed by atoms with Gasteiger partial charge in [0.15, 0.2) is 9.84 Å². The third-order valence-electron chi connectivity index (χ3n) is 3.25. The molecule has 1 unspecified atom stereocenters. The second-order valence-corrected chi connectivity index (χ2v) is 7.08. The molecule has 1 aromatic carbocycles. The molecule has 2 rings (SSSR count). The van der Waals surface area contributed by atoms with E-state index in [4.69, 9.17) is 5.73 Å². The Labute approximate surface area is 113 Å². The van der Waals surface area contributed by atoms with Gasteiger partial charge in [-0.25, -0.2) is 8.42 Å². The van der Waals surface area contributed by atoms with Crippen LogP contribution in [0.15, 0.2) is 30.3 Å². The fourth-order valence-electron chi connectivity index (χ4n) is 2.24. The molecular formula is C13H18N2O3S. The van der Waals surface area contributed by atoms with E-state index in [0.29, 0.717) is 12.8 Å². The van der Waals surface area contributed by atoms with Crippen molar-refractivity contribution in [2.75, 3.05) is 11.5 Å².